The number of carbonyl (C=O) groups is 1. The van der Waals surface area contributed by atoms with E-state index in [1.165, 1.54) is 11.6 Å². The summed E-state index contributed by atoms with van der Waals surface area (Å²) < 4.78 is 19.2. The van der Waals surface area contributed by atoms with E-state index in [9.17, 15) is 9.18 Å². The molecular weight excluding hydrogens is 319 g/mol. The summed E-state index contributed by atoms with van der Waals surface area (Å²) in [6.45, 7) is 0.926. The quantitative estimate of drug-likeness (QED) is 0.745. The number of nitrogens with one attached hydrogen (secondary N) is 2. The number of rotatable bonds is 2. The Balaban J connectivity index is 1.96. The Bertz CT molecular complexity index is 944. The molecule has 0 saturated carbocycles. The molecule has 5 heteroatoms. The number of furan rings is 1. The van der Waals surface area contributed by atoms with Crippen LogP contribution in [0.1, 0.15) is 28.8 Å². The van der Waals surface area contributed by atoms with Gasteiger partial charge in [0, 0.05) is 30.7 Å². The number of amides is 1. The number of anilines is 1. The van der Waals surface area contributed by atoms with Crippen molar-refractivity contribution in [1.29, 1.82) is 0 Å². The van der Waals surface area contributed by atoms with Gasteiger partial charge in [0.15, 0.2) is 11.6 Å². The Hall–Kier alpha value is -3.00. The predicted molar refractivity (Wildman–Crippen MR) is 94.1 cm³/mol. The van der Waals surface area contributed by atoms with Crippen LogP contribution in [-0.2, 0) is 6.42 Å². The summed E-state index contributed by atoms with van der Waals surface area (Å²) in [6, 6.07) is 11.9. The molecular formula is C20H17FN2O2. The van der Waals surface area contributed by atoms with Crippen molar-refractivity contribution in [2.45, 2.75) is 19.3 Å². The van der Waals surface area contributed by atoms with E-state index in [0.717, 1.165) is 36.9 Å². The van der Waals surface area contributed by atoms with Gasteiger partial charge in [0.25, 0.3) is 5.91 Å². The molecule has 126 valence electrons. The fourth-order valence-corrected chi connectivity index (χ4v) is 3.26. The molecule has 0 spiro atoms. The molecule has 0 fully saturated rings. The van der Waals surface area contributed by atoms with Gasteiger partial charge in [-0.3, -0.25) is 4.79 Å². The van der Waals surface area contributed by atoms with Crippen molar-refractivity contribution in [2.75, 3.05) is 18.9 Å². The lowest BCUT2D eigenvalue weighted by Crippen LogP contribution is -2.18. The molecule has 0 aliphatic carbocycles. The lowest BCUT2D eigenvalue weighted by Gasteiger charge is -2.07. The third-order valence-corrected chi connectivity index (χ3v) is 4.51. The standard InChI is InChI=1S/C20H17FN2O2/c1-22-20(24)18-15-10-13-4-2-3-9-23-16(13)11-17(15)25-19(18)12-5-7-14(21)8-6-12/h5,7,10-11,23H,2-4,9H2,1H3,(H,22,24). The minimum absolute atomic E-state index is 0.243. The molecule has 0 radical (unpaired) electrons. The van der Waals surface area contributed by atoms with Gasteiger partial charge in [-0.05, 0) is 49.1 Å². The molecule has 2 aromatic carbocycles. The first-order chi connectivity index (χ1) is 12.2. The lowest BCUT2D eigenvalue weighted by molar-refractivity contribution is 0.0964. The second kappa shape index (κ2) is 6.14. The second-order valence-corrected chi connectivity index (χ2v) is 6.12. The molecule has 2 N–H and O–H groups in total. The minimum atomic E-state index is -0.503. The van der Waals surface area contributed by atoms with Gasteiger partial charge in [-0.2, -0.15) is 4.39 Å². The first kappa shape index (κ1) is 15.5. The van der Waals surface area contributed by atoms with Gasteiger partial charge in [0.2, 0.25) is 0 Å². The van der Waals surface area contributed by atoms with Crippen molar-refractivity contribution in [3.05, 3.63) is 53.3 Å². The van der Waals surface area contributed by atoms with E-state index >= 15 is 0 Å². The van der Waals surface area contributed by atoms with Gasteiger partial charge in [0.1, 0.15) is 5.58 Å². The third-order valence-electron chi connectivity index (χ3n) is 4.51. The first-order valence-corrected chi connectivity index (χ1v) is 8.32. The Morgan fingerprint density at radius 1 is 1.28 bits per heavy atom. The maximum Gasteiger partial charge on any atom is 0.255 e. The largest absolute Gasteiger partial charge is 0.454 e. The summed E-state index contributed by atoms with van der Waals surface area (Å²) in [5.41, 5.74) is 3.79. The summed E-state index contributed by atoms with van der Waals surface area (Å²) in [4.78, 5) is 12.5. The maximum atomic E-state index is 13.2. The van der Waals surface area contributed by atoms with Gasteiger partial charge >= 0.3 is 0 Å². The highest BCUT2D eigenvalue weighted by molar-refractivity contribution is 6.11. The van der Waals surface area contributed by atoms with E-state index in [1.54, 1.807) is 13.1 Å². The van der Waals surface area contributed by atoms with Crippen LogP contribution in [0.5, 0.6) is 0 Å². The maximum absolute atomic E-state index is 13.2. The van der Waals surface area contributed by atoms with E-state index in [4.69, 9.17) is 4.42 Å². The fraction of sp³-hybridized carbons (Fsp3) is 0.250. The van der Waals surface area contributed by atoms with Gasteiger partial charge in [0.05, 0.1) is 11.1 Å². The van der Waals surface area contributed by atoms with Gasteiger partial charge < -0.3 is 15.1 Å². The van der Waals surface area contributed by atoms with Crippen LogP contribution in [0.2, 0.25) is 0 Å². The molecule has 0 bridgehead atoms. The van der Waals surface area contributed by atoms with Gasteiger partial charge in [-0.15, -0.1) is 0 Å². The summed E-state index contributed by atoms with van der Waals surface area (Å²) in [5.74, 6) is -0.365. The summed E-state index contributed by atoms with van der Waals surface area (Å²) in [6.07, 6.45) is 3.18. The van der Waals surface area contributed by atoms with Crippen LogP contribution in [0.4, 0.5) is 10.1 Å². The van der Waals surface area contributed by atoms with Crippen LogP contribution >= 0.6 is 0 Å². The predicted octanol–water partition coefficient (Wildman–Crippen LogP) is 3.95. The van der Waals surface area contributed by atoms with Gasteiger partial charge in [-0.25, -0.2) is 0 Å². The first-order valence-electron chi connectivity index (χ1n) is 8.32. The molecule has 0 unspecified atom stereocenters. The lowest BCUT2D eigenvalue weighted by atomic mass is 10.0. The van der Waals surface area contributed by atoms with E-state index in [1.807, 2.05) is 12.1 Å². The molecule has 0 atom stereocenters. The normalized spacial score (nSPS) is 13.5. The van der Waals surface area contributed by atoms with Crippen LogP contribution in [-0.4, -0.2) is 19.5 Å². The summed E-state index contributed by atoms with van der Waals surface area (Å²) >= 11 is 0. The van der Waals surface area contributed by atoms with Crippen LogP contribution in [0.25, 0.3) is 22.3 Å². The zero-order valence-electron chi connectivity index (χ0n) is 13.8. The number of benzene rings is 1. The molecule has 4 nitrogen and oxygen atoms in total. The number of hydrogen-bond acceptors (Lipinski definition) is 3. The van der Waals surface area contributed by atoms with E-state index < -0.39 is 5.82 Å². The summed E-state index contributed by atoms with van der Waals surface area (Å²) in [5, 5.41) is 6.83. The number of carbonyl (C=O) groups excluding carboxylic acids is 1. The Morgan fingerprint density at radius 2 is 2.16 bits per heavy atom. The van der Waals surface area contributed by atoms with Crippen molar-refractivity contribution in [3.8, 4) is 11.3 Å². The van der Waals surface area contributed by atoms with Crippen molar-refractivity contribution in [1.82, 2.24) is 5.32 Å². The molecule has 3 aromatic rings. The molecule has 1 aliphatic heterocycles. The zero-order chi connectivity index (χ0) is 17.4. The minimum Gasteiger partial charge on any atom is -0.454 e. The van der Waals surface area contributed by atoms with Crippen molar-refractivity contribution in [3.63, 3.8) is 0 Å². The van der Waals surface area contributed by atoms with Crippen LogP contribution in [0.15, 0.2) is 28.7 Å². The van der Waals surface area contributed by atoms with E-state index in [0.29, 0.717) is 22.5 Å². The molecule has 2 heterocycles. The molecule has 1 aromatic heterocycles. The van der Waals surface area contributed by atoms with Crippen LogP contribution in [0.3, 0.4) is 0 Å². The molecule has 1 aliphatic rings. The van der Waals surface area contributed by atoms with Crippen LogP contribution in [0, 0.1) is 17.9 Å². The average Bonchev–Trinajstić information content (AvgIpc) is 2.83. The monoisotopic (exact) mass is 336 g/mol. The van der Waals surface area contributed by atoms with Crippen molar-refractivity contribution < 1.29 is 13.6 Å². The van der Waals surface area contributed by atoms with Crippen molar-refractivity contribution in [2.24, 2.45) is 0 Å². The highest BCUT2D eigenvalue weighted by atomic mass is 19.1. The van der Waals surface area contributed by atoms with Crippen LogP contribution < -0.4 is 10.6 Å². The Morgan fingerprint density at radius 3 is 2.92 bits per heavy atom. The second-order valence-electron chi connectivity index (χ2n) is 6.12. The van der Waals surface area contributed by atoms with Gasteiger partial charge in [-0.1, -0.05) is 6.07 Å². The Kier molecular flexibility index (Phi) is 3.81. The SMILES string of the molecule is CNC(=O)c1c(-c2c#cc(F)cc2)oc2cc3c(cc12)CCCCN3. The number of halogens is 1. The molecule has 1 amide bonds. The number of hydrogen-bond donors (Lipinski definition) is 2. The smallest absolute Gasteiger partial charge is 0.255 e. The van der Waals surface area contributed by atoms with E-state index in [-0.39, 0.29) is 5.91 Å². The topological polar surface area (TPSA) is 54.3 Å². The van der Waals surface area contributed by atoms with Crippen molar-refractivity contribution >= 4 is 22.6 Å². The molecule has 4 rings (SSSR count). The molecule has 0 saturated heterocycles. The molecule has 25 heavy (non-hydrogen) atoms. The highest BCUT2D eigenvalue weighted by Crippen LogP contribution is 2.37. The van der Waals surface area contributed by atoms with E-state index in [2.05, 4.69) is 22.8 Å². The Labute approximate surface area is 145 Å². The summed E-state index contributed by atoms with van der Waals surface area (Å²) in [7, 11) is 1.58. The average molecular weight is 336 g/mol. The number of aryl methyl sites for hydroxylation is 1. The zero-order valence-corrected chi connectivity index (χ0v) is 13.8. The highest BCUT2D eigenvalue weighted by Gasteiger charge is 2.23. The number of fused-ring (bicyclic) bond motifs is 2. The fourth-order valence-electron chi connectivity index (χ4n) is 3.26. The third kappa shape index (κ3) is 2.70.